The number of carbonyl (C=O) groups excluding carboxylic acids is 1. The average molecular weight is 264 g/mol. The Morgan fingerprint density at radius 3 is 2.56 bits per heavy atom. The fraction of sp³-hybridized carbons (Fsp3) is 0.429. The van der Waals surface area contributed by atoms with Gasteiger partial charge in [-0.25, -0.2) is 0 Å². The Hall–Kier alpha value is -1.42. The van der Waals surface area contributed by atoms with Crippen molar-refractivity contribution in [1.82, 2.24) is 5.32 Å². The highest BCUT2D eigenvalue weighted by molar-refractivity contribution is 7.80. The van der Waals surface area contributed by atoms with Gasteiger partial charge >= 0.3 is 0 Å². The van der Waals surface area contributed by atoms with Crippen molar-refractivity contribution in [2.45, 2.75) is 27.2 Å². The molecule has 0 bridgehead atoms. The molecule has 0 atom stereocenters. The Morgan fingerprint density at radius 1 is 1.39 bits per heavy atom. The maximum absolute atomic E-state index is 12.0. The van der Waals surface area contributed by atoms with Gasteiger partial charge in [-0.3, -0.25) is 4.79 Å². The molecule has 18 heavy (non-hydrogen) atoms. The monoisotopic (exact) mass is 264 g/mol. The second-order valence-electron chi connectivity index (χ2n) is 5.15. The van der Waals surface area contributed by atoms with Crippen LogP contribution >= 0.6 is 12.2 Å². The van der Waals surface area contributed by atoms with Crippen molar-refractivity contribution < 1.29 is 4.79 Å². The van der Waals surface area contributed by atoms with Gasteiger partial charge in [0.1, 0.15) is 4.99 Å². The van der Waals surface area contributed by atoms with Crippen LogP contribution in [0.15, 0.2) is 24.3 Å². The minimum absolute atomic E-state index is 0.0883. The summed E-state index contributed by atoms with van der Waals surface area (Å²) in [6.45, 7) is 7.01. The number of rotatable bonds is 5. The zero-order chi connectivity index (χ0) is 13.8. The van der Waals surface area contributed by atoms with Gasteiger partial charge in [0.25, 0.3) is 5.91 Å². The molecule has 0 fully saturated rings. The summed E-state index contributed by atoms with van der Waals surface area (Å²) in [6.07, 6.45) is 1.01. The molecule has 4 heteroatoms. The predicted octanol–water partition coefficient (Wildman–Crippen LogP) is 2.49. The van der Waals surface area contributed by atoms with Gasteiger partial charge in [0.05, 0.1) is 0 Å². The summed E-state index contributed by atoms with van der Waals surface area (Å²) in [7, 11) is 0. The molecule has 0 spiro atoms. The number of hydrogen-bond donors (Lipinski definition) is 2. The van der Waals surface area contributed by atoms with Crippen LogP contribution in [0.25, 0.3) is 0 Å². The molecular formula is C14H20N2OS. The highest BCUT2D eigenvalue weighted by Gasteiger charge is 2.16. The zero-order valence-electron chi connectivity index (χ0n) is 11.1. The minimum atomic E-state index is -0.0883. The van der Waals surface area contributed by atoms with Crippen LogP contribution in [0.4, 0.5) is 0 Å². The summed E-state index contributed by atoms with van der Waals surface area (Å²) >= 11 is 4.90. The maximum Gasteiger partial charge on any atom is 0.251 e. The maximum atomic E-state index is 12.0. The molecule has 1 amide bonds. The topological polar surface area (TPSA) is 55.1 Å². The molecular weight excluding hydrogens is 244 g/mol. The van der Waals surface area contributed by atoms with Crippen molar-refractivity contribution in [3.05, 3.63) is 35.4 Å². The van der Waals surface area contributed by atoms with Crippen molar-refractivity contribution >= 4 is 23.1 Å². The van der Waals surface area contributed by atoms with E-state index in [2.05, 4.69) is 26.1 Å². The van der Waals surface area contributed by atoms with Crippen LogP contribution in [0, 0.1) is 5.41 Å². The molecule has 0 saturated carbocycles. The van der Waals surface area contributed by atoms with Crippen LogP contribution in [0.5, 0.6) is 0 Å². The summed E-state index contributed by atoms with van der Waals surface area (Å²) in [5.41, 5.74) is 6.96. The van der Waals surface area contributed by atoms with Gasteiger partial charge in [-0.05, 0) is 24.0 Å². The quantitative estimate of drug-likeness (QED) is 0.803. The lowest BCUT2D eigenvalue weighted by molar-refractivity contribution is 0.0935. The number of thiocarbonyl (C=S) groups is 1. The first-order valence-electron chi connectivity index (χ1n) is 6.04. The summed E-state index contributed by atoms with van der Waals surface area (Å²) in [6, 6.07) is 7.07. The summed E-state index contributed by atoms with van der Waals surface area (Å²) in [5, 5.41) is 2.93. The number of hydrogen-bond acceptors (Lipinski definition) is 2. The molecule has 1 aromatic rings. The lowest BCUT2D eigenvalue weighted by Crippen LogP contribution is -2.33. The third-order valence-electron chi connectivity index (χ3n) is 3.09. The van der Waals surface area contributed by atoms with E-state index >= 15 is 0 Å². The number of benzene rings is 1. The molecule has 3 N–H and O–H groups in total. The van der Waals surface area contributed by atoms with Gasteiger partial charge in [-0.15, -0.1) is 0 Å². The molecule has 0 aliphatic rings. The van der Waals surface area contributed by atoms with Gasteiger partial charge in [0, 0.05) is 17.7 Å². The number of nitrogens with one attached hydrogen (secondary N) is 1. The van der Waals surface area contributed by atoms with Crippen molar-refractivity contribution in [3.8, 4) is 0 Å². The normalized spacial score (nSPS) is 11.1. The summed E-state index contributed by atoms with van der Waals surface area (Å²) in [5.74, 6) is -0.0883. The Morgan fingerprint density at radius 2 is 2.00 bits per heavy atom. The van der Waals surface area contributed by atoms with Gasteiger partial charge in [-0.2, -0.15) is 0 Å². The Labute approximate surface area is 114 Å². The minimum Gasteiger partial charge on any atom is -0.389 e. The van der Waals surface area contributed by atoms with Crippen LogP contribution in [0.3, 0.4) is 0 Å². The molecule has 98 valence electrons. The number of carbonyl (C=O) groups is 1. The first-order chi connectivity index (χ1) is 8.35. The van der Waals surface area contributed by atoms with Crippen molar-refractivity contribution in [1.29, 1.82) is 0 Å². The Kier molecular flexibility index (Phi) is 4.84. The molecule has 0 radical (unpaired) electrons. The van der Waals surface area contributed by atoms with E-state index in [-0.39, 0.29) is 11.3 Å². The average Bonchev–Trinajstić information content (AvgIpc) is 2.36. The summed E-state index contributed by atoms with van der Waals surface area (Å²) in [4.78, 5) is 12.3. The number of nitrogens with two attached hydrogens (primary N) is 1. The van der Waals surface area contributed by atoms with Crippen LogP contribution in [-0.2, 0) is 0 Å². The SMILES string of the molecule is CCC(C)(C)CNC(=O)c1cccc(C(N)=S)c1. The fourth-order valence-corrected chi connectivity index (χ4v) is 1.49. The van der Waals surface area contributed by atoms with Crippen molar-refractivity contribution in [2.75, 3.05) is 6.54 Å². The smallest absolute Gasteiger partial charge is 0.251 e. The molecule has 0 heterocycles. The number of amides is 1. The first-order valence-corrected chi connectivity index (χ1v) is 6.44. The van der Waals surface area contributed by atoms with E-state index in [9.17, 15) is 4.79 Å². The first kappa shape index (κ1) is 14.6. The molecule has 0 aliphatic heterocycles. The highest BCUT2D eigenvalue weighted by atomic mass is 32.1. The molecule has 0 aliphatic carbocycles. The Balaban J connectivity index is 2.73. The zero-order valence-corrected chi connectivity index (χ0v) is 11.9. The molecule has 1 aromatic carbocycles. The lowest BCUT2D eigenvalue weighted by atomic mass is 9.90. The van der Waals surface area contributed by atoms with Crippen LogP contribution in [0.2, 0.25) is 0 Å². The van der Waals surface area contributed by atoms with Gasteiger partial charge in [0.2, 0.25) is 0 Å². The third-order valence-corrected chi connectivity index (χ3v) is 3.33. The molecule has 0 unspecified atom stereocenters. The molecule has 1 rings (SSSR count). The Bertz CT molecular complexity index is 455. The van der Waals surface area contributed by atoms with Crippen molar-refractivity contribution in [3.63, 3.8) is 0 Å². The largest absolute Gasteiger partial charge is 0.389 e. The van der Waals surface area contributed by atoms with Crippen LogP contribution in [0.1, 0.15) is 43.1 Å². The van der Waals surface area contributed by atoms with Crippen LogP contribution < -0.4 is 11.1 Å². The van der Waals surface area contributed by atoms with Gasteiger partial charge in [-0.1, -0.05) is 45.1 Å². The van der Waals surface area contributed by atoms with Gasteiger partial charge in [0.15, 0.2) is 0 Å². The van der Waals surface area contributed by atoms with E-state index in [1.807, 2.05) is 0 Å². The van der Waals surface area contributed by atoms with Gasteiger partial charge < -0.3 is 11.1 Å². The predicted molar refractivity (Wildman–Crippen MR) is 78.7 cm³/mol. The highest BCUT2D eigenvalue weighted by Crippen LogP contribution is 2.18. The van der Waals surface area contributed by atoms with E-state index in [0.717, 1.165) is 6.42 Å². The van der Waals surface area contributed by atoms with Crippen LogP contribution in [-0.4, -0.2) is 17.4 Å². The van der Waals surface area contributed by atoms with E-state index in [4.69, 9.17) is 18.0 Å². The molecule has 3 nitrogen and oxygen atoms in total. The third kappa shape index (κ3) is 4.11. The van der Waals surface area contributed by atoms with Crippen molar-refractivity contribution in [2.24, 2.45) is 11.1 Å². The van der Waals surface area contributed by atoms with E-state index in [1.54, 1.807) is 24.3 Å². The second kappa shape index (κ2) is 5.96. The van der Waals surface area contributed by atoms with E-state index < -0.39 is 0 Å². The summed E-state index contributed by atoms with van der Waals surface area (Å²) < 4.78 is 0. The van der Waals surface area contributed by atoms with E-state index in [1.165, 1.54) is 0 Å². The molecule has 0 saturated heterocycles. The second-order valence-corrected chi connectivity index (χ2v) is 5.59. The standard InChI is InChI=1S/C14H20N2OS/c1-4-14(2,3)9-16-13(17)11-7-5-6-10(8-11)12(15)18/h5-8H,4,9H2,1-3H3,(H2,15,18)(H,16,17). The fourth-order valence-electron chi connectivity index (χ4n) is 1.36. The lowest BCUT2D eigenvalue weighted by Gasteiger charge is -2.22. The molecule has 0 aromatic heterocycles. The van der Waals surface area contributed by atoms with E-state index in [0.29, 0.717) is 22.7 Å².